The van der Waals surface area contributed by atoms with E-state index in [1.54, 1.807) is 0 Å². The molecule has 1 aliphatic rings. The number of ether oxygens (including phenoxy) is 6. The summed E-state index contributed by atoms with van der Waals surface area (Å²) in [6, 6.07) is 37.1. The van der Waals surface area contributed by atoms with E-state index < -0.39 is 11.9 Å². The van der Waals surface area contributed by atoms with E-state index in [1.165, 1.54) is 12.2 Å². The van der Waals surface area contributed by atoms with Crippen LogP contribution in [0.3, 0.4) is 0 Å². The Labute approximate surface area is 344 Å². The molecule has 0 saturated heterocycles. The average Bonchev–Trinajstić information content (AvgIpc) is 3.49. The number of fused-ring (bicyclic) bond motifs is 7. The molecule has 6 aromatic carbocycles. The van der Waals surface area contributed by atoms with Crippen LogP contribution in [0, 0.1) is 0 Å². The maximum absolute atomic E-state index is 11.2. The second-order valence-corrected chi connectivity index (χ2v) is 13.8. The van der Waals surface area contributed by atoms with Crippen molar-refractivity contribution < 1.29 is 38.0 Å². The van der Waals surface area contributed by atoms with Gasteiger partial charge in [0.05, 0.1) is 26.4 Å². The second kappa shape index (κ2) is 19.9. The summed E-state index contributed by atoms with van der Waals surface area (Å²) < 4.78 is 34.9. The van der Waals surface area contributed by atoms with Crippen molar-refractivity contribution in [2.24, 2.45) is 0 Å². The number of rotatable bonds is 18. The van der Waals surface area contributed by atoms with E-state index >= 15 is 0 Å². The van der Waals surface area contributed by atoms with E-state index in [9.17, 15) is 9.59 Å². The lowest BCUT2D eigenvalue weighted by Gasteiger charge is -2.17. The van der Waals surface area contributed by atoms with Crippen LogP contribution in [0.25, 0.3) is 57.0 Å². The first-order valence-corrected chi connectivity index (χ1v) is 19.8. The van der Waals surface area contributed by atoms with E-state index in [2.05, 4.69) is 98.1 Å². The molecule has 8 heteroatoms. The molecule has 0 amide bonds. The zero-order valence-electron chi connectivity index (χ0n) is 32.9. The average molecular weight is 787 g/mol. The van der Waals surface area contributed by atoms with Gasteiger partial charge in [-0.1, -0.05) is 110 Å². The molecule has 1 aliphatic heterocycles. The fourth-order valence-corrected chi connectivity index (χ4v) is 6.88. The number of hydrogen-bond donors (Lipinski definition) is 0. The van der Waals surface area contributed by atoms with Crippen LogP contribution < -0.4 is 18.9 Å². The van der Waals surface area contributed by atoms with Crippen molar-refractivity contribution in [1.29, 1.82) is 0 Å². The molecule has 0 aromatic heterocycles. The normalized spacial score (nSPS) is 11.9. The fourth-order valence-electron chi connectivity index (χ4n) is 6.88. The Bertz CT molecular complexity index is 2320. The second-order valence-electron chi connectivity index (χ2n) is 13.8. The molecule has 0 bridgehead atoms. The van der Waals surface area contributed by atoms with Gasteiger partial charge in [-0.3, -0.25) is 0 Å². The van der Waals surface area contributed by atoms with Crippen LogP contribution in [0.15, 0.2) is 135 Å². The first-order valence-electron chi connectivity index (χ1n) is 19.8. The van der Waals surface area contributed by atoms with Gasteiger partial charge in [0.15, 0.2) is 0 Å². The molecule has 0 aliphatic carbocycles. The third-order valence-corrected chi connectivity index (χ3v) is 9.82. The monoisotopic (exact) mass is 786 g/mol. The summed E-state index contributed by atoms with van der Waals surface area (Å²) in [5, 5.41) is 4.33. The molecule has 0 atom stereocenters. The molecule has 6 aromatic rings. The summed E-state index contributed by atoms with van der Waals surface area (Å²) in [5.74, 6) is 2.26. The molecule has 0 spiro atoms. The van der Waals surface area contributed by atoms with Crippen LogP contribution in [0.2, 0.25) is 0 Å². The Balaban J connectivity index is 1.13. The predicted molar refractivity (Wildman–Crippen MR) is 236 cm³/mol. The van der Waals surface area contributed by atoms with Crippen molar-refractivity contribution in [2.75, 3.05) is 33.2 Å². The lowest BCUT2D eigenvalue weighted by atomic mass is 9.88. The summed E-state index contributed by atoms with van der Waals surface area (Å²) in [6.07, 6.45) is 13.7. The maximum atomic E-state index is 11.2. The van der Waals surface area contributed by atoms with E-state index in [0.29, 0.717) is 26.4 Å². The Hall–Kier alpha value is -7.06. The van der Waals surface area contributed by atoms with Crippen molar-refractivity contribution in [3.8, 4) is 34.1 Å². The van der Waals surface area contributed by atoms with Gasteiger partial charge < -0.3 is 28.4 Å². The van der Waals surface area contributed by atoms with Crippen LogP contribution >= 0.6 is 0 Å². The van der Waals surface area contributed by atoms with Gasteiger partial charge in [-0.05, 0) is 94.8 Å². The quantitative estimate of drug-likeness (QED) is 0.0368. The predicted octanol–water partition coefficient (Wildman–Crippen LogP) is 11.5. The molecular formula is C51H46O8. The molecule has 7 rings (SSSR count). The summed E-state index contributed by atoms with van der Waals surface area (Å²) in [5.41, 5.74) is 5.89. The highest BCUT2D eigenvalue weighted by atomic mass is 16.7. The number of esters is 2. The van der Waals surface area contributed by atoms with E-state index in [0.717, 1.165) is 104 Å². The summed E-state index contributed by atoms with van der Waals surface area (Å²) in [6.45, 7) is 8.62. The van der Waals surface area contributed by atoms with Crippen molar-refractivity contribution in [3.63, 3.8) is 0 Å². The number of carbonyl (C=O) groups excluding carboxylic acids is 2. The number of hydrogen-bond acceptors (Lipinski definition) is 8. The first-order chi connectivity index (χ1) is 29.0. The maximum Gasteiger partial charge on any atom is 0.330 e. The summed E-state index contributed by atoms with van der Waals surface area (Å²) in [7, 11) is 0. The fraction of sp³-hybridized carbons (Fsp3) is 0.176. The van der Waals surface area contributed by atoms with Gasteiger partial charge in [0, 0.05) is 34.4 Å². The van der Waals surface area contributed by atoms with Gasteiger partial charge in [-0.2, -0.15) is 0 Å². The molecule has 0 radical (unpaired) electrons. The van der Waals surface area contributed by atoms with Crippen molar-refractivity contribution in [2.45, 2.75) is 25.7 Å². The van der Waals surface area contributed by atoms with Crippen LogP contribution in [0.4, 0.5) is 0 Å². The summed E-state index contributed by atoms with van der Waals surface area (Å²) in [4.78, 5) is 22.4. The van der Waals surface area contributed by atoms with Crippen LogP contribution in [-0.4, -0.2) is 45.2 Å². The minimum Gasteiger partial charge on any atom is -0.494 e. The molecule has 0 N–H and O–H groups in total. The van der Waals surface area contributed by atoms with Gasteiger partial charge >= 0.3 is 11.9 Å². The van der Waals surface area contributed by atoms with Crippen LogP contribution in [0.1, 0.15) is 47.9 Å². The van der Waals surface area contributed by atoms with E-state index in [1.807, 2.05) is 48.5 Å². The highest BCUT2D eigenvalue weighted by molar-refractivity contribution is 6.12. The molecule has 1 heterocycles. The van der Waals surface area contributed by atoms with E-state index in [-0.39, 0.29) is 6.79 Å². The highest BCUT2D eigenvalue weighted by Gasteiger charge is 2.26. The molecule has 8 nitrogen and oxygen atoms in total. The van der Waals surface area contributed by atoms with Crippen molar-refractivity contribution >= 4 is 57.8 Å². The minimum absolute atomic E-state index is 0.0454. The molecule has 0 saturated carbocycles. The smallest absolute Gasteiger partial charge is 0.330 e. The number of benzene rings is 6. The molecule has 59 heavy (non-hydrogen) atoms. The third kappa shape index (κ3) is 10.3. The molecule has 298 valence electrons. The topological polar surface area (TPSA) is 89.5 Å². The Morgan fingerprint density at radius 3 is 1.36 bits per heavy atom. The van der Waals surface area contributed by atoms with Gasteiger partial charge in [0.2, 0.25) is 6.79 Å². The summed E-state index contributed by atoms with van der Waals surface area (Å²) >= 11 is 0. The molecule has 0 unspecified atom stereocenters. The van der Waals surface area contributed by atoms with Gasteiger partial charge in [-0.25, -0.2) is 9.59 Å². The van der Waals surface area contributed by atoms with Gasteiger partial charge in [-0.15, -0.1) is 0 Å². The van der Waals surface area contributed by atoms with Crippen LogP contribution in [0.5, 0.6) is 23.0 Å². The lowest BCUT2D eigenvalue weighted by molar-refractivity contribution is -0.138. The molecule has 0 fully saturated rings. The molecular weight excluding hydrogens is 741 g/mol. The van der Waals surface area contributed by atoms with Gasteiger partial charge in [0.25, 0.3) is 0 Å². The number of carbonyl (C=O) groups is 2. The zero-order chi connectivity index (χ0) is 40.8. The lowest BCUT2D eigenvalue weighted by Crippen LogP contribution is -2.05. The number of unbranched alkanes of at least 4 members (excludes halogenated alkanes) is 2. The van der Waals surface area contributed by atoms with Crippen molar-refractivity contribution in [1.82, 2.24) is 0 Å². The first kappa shape index (κ1) is 40.1. The highest BCUT2D eigenvalue weighted by Crippen LogP contribution is 2.50. The van der Waals surface area contributed by atoms with Crippen molar-refractivity contribution in [3.05, 3.63) is 157 Å². The Kier molecular flexibility index (Phi) is 13.5. The SMILES string of the molecule is C=CC(=O)OCCCCOc1ccc(/C=C\c2cc3ccccc3c3c2OCOc2c(/C=C\c4ccc(OCCCCOC(=O)C=C)cc4)cc4ccccc4c2-3)cc1. The zero-order valence-corrected chi connectivity index (χ0v) is 32.9. The largest absolute Gasteiger partial charge is 0.494 e. The van der Waals surface area contributed by atoms with Crippen LogP contribution in [-0.2, 0) is 19.1 Å². The Morgan fingerprint density at radius 1 is 0.525 bits per heavy atom. The van der Waals surface area contributed by atoms with E-state index in [4.69, 9.17) is 28.4 Å². The Morgan fingerprint density at radius 2 is 0.932 bits per heavy atom. The minimum atomic E-state index is -0.409. The standard InChI is InChI=1S/C51H46O8/c1-3-46(52)56-31-11-9-29-54-42-25-19-36(20-26-42)17-23-40-33-38-13-5-7-15-44(38)48-49-45-16-8-6-14-39(45)34-41(51(49)59-35-58-50(40)48)24-18-37-21-27-43(28-22-37)55-30-10-12-32-57-47(53)4-2/h3-8,13-28,33-34H,1-2,9-12,29-32,35H2/b23-17-,24-18-. The third-order valence-electron chi connectivity index (χ3n) is 9.82. The van der Waals surface area contributed by atoms with Gasteiger partial charge in [0.1, 0.15) is 23.0 Å².